The summed E-state index contributed by atoms with van der Waals surface area (Å²) in [6.45, 7) is 2.85. The maximum Gasteiger partial charge on any atom is 0.222 e. The van der Waals surface area contributed by atoms with E-state index in [1.54, 1.807) is 12.1 Å². The number of halogens is 1. The first kappa shape index (κ1) is 17.7. The van der Waals surface area contributed by atoms with Crippen LogP contribution >= 0.6 is 0 Å². The molecule has 1 aromatic rings. The Morgan fingerprint density at radius 2 is 2.04 bits per heavy atom. The van der Waals surface area contributed by atoms with E-state index in [4.69, 9.17) is 4.74 Å². The van der Waals surface area contributed by atoms with Gasteiger partial charge in [-0.2, -0.15) is 0 Å². The van der Waals surface area contributed by atoms with E-state index in [1.165, 1.54) is 12.1 Å². The quantitative estimate of drug-likeness (QED) is 0.794. The summed E-state index contributed by atoms with van der Waals surface area (Å²) in [4.78, 5) is 27.6. The molecule has 0 aliphatic carbocycles. The lowest BCUT2D eigenvalue weighted by Crippen LogP contribution is -2.42. The van der Waals surface area contributed by atoms with Gasteiger partial charge in [-0.1, -0.05) is 6.07 Å². The smallest absolute Gasteiger partial charge is 0.222 e. The van der Waals surface area contributed by atoms with Gasteiger partial charge in [-0.05, 0) is 25.0 Å². The van der Waals surface area contributed by atoms with Crippen molar-refractivity contribution in [3.05, 3.63) is 30.1 Å². The zero-order chi connectivity index (χ0) is 17.6. The molecule has 0 saturated carbocycles. The van der Waals surface area contributed by atoms with Crippen molar-refractivity contribution in [3.63, 3.8) is 0 Å². The van der Waals surface area contributed by atoms with Crippen LogP contribution in [-0.4, -0.2) is 53.9 Å². The average molecular weight is 348 g/mol. The summed E-state index contributed by atoms with van der Waals surface area (Å²) in [5.41, 5.74) is 0. The summed E-state index contributed by atoms with van der Waals surface area (Å²) in [6.07, 6.45) is 4.33. The first-order chi connectivity index (χ1) is 12.1. The van der Waals surface area contributed by atoms with E-state index >= 15 is 0 Å². The predicted molar refractivity (Wildman–Crippen MR) is 91.7 cm³/mol. The number of ether oxygens (including phenoxy) is 1. The number of carbonyl (C=O) groups is 2. The highest BCUT2D eigenvalue weighted by atomic mass is 19.1. The fourth-order valence-corrected chi connectivity index (χ4v) is 3.48. The molecule has 136 valence electrons. The number of hydrogen-bond donors (Lipinski definition) is 0. The van der Waals surface area contributed by atoms with Crippen LogP contribution in [0, 0.1) is 5.82 Å². The second kappa shape index (κ2) is 8.32. The Balaban J connectivity index is 1.36. The molecule has 3 rings (SSSR count). The molecule has 2 amide bonds. The van der Waals surface area contributed by atoms with Crippen LogP contribution in [-0.2, 0) is 9.59 Å². The average Bonchev–Trinajstić information content (AvgIpc) is 3.01. The number of benzene rings is 1. The summed E-state index contributed by atoms with van der Waals surface area (Å²) in [5, 5.41) is 0. The van der Waals surface area contributed by atoms with Gasteiger partial charge in [0.05, 0.1) is 0 Å². The molecule has 1 aromatic carbocycles. The molecule has 6 heteroatoms. The molecule has 0 aromatic heterocycles. The largest absolute Gasteiger partial charge is 0.490 e. The van der Waals surface area contributed by atoms with Gasteiger partial charge in [-0.25, -0.2) is 4.39 Å². The van der Waals surface area contributed by atoms with Crippen LogP contribution in [0.2, 0.25) is 0 Å². The maximum absolute atomic E-state index is 13.2. The molecule has 0 radical (unpaired) electrons. The Morgan fingerprint density at radius 3 is 2.72 bits per heavy atom. The Bertz CT molecular complexity index is 614. The minimum atomic E-state index is -0.304. The molecular formula is C19H25FN2O3. The normalized spacial score (nSPS) is 18.7. The summed E-state index contributed by atoms with van der Waals surface area (Å²) >= 11 is 0. The lowest BCUT2D eigenvalue weighted by molar-refractivity contribution is -0.134. The zero-order valence-corrected chi connectivity index (χ0v) is 14.5. The zero-order valence-electron chi connectivity index (χ0n) is 14.5. The third kappa shape index (κ3) is 4.94. The monoisotopic (exact) mass is 348 g/mol. The van der Waals surface area contributed by atoms with Crippen molar-refractivity contribution in [1.82, 2.24) is 9.80 Å². The molecule has 0 atom stereocenters. The van der Waals surface area contributed by atoms with Gasteiger partial charge in [0.2, 0.25) is 11.8 Å². The first-order valence-electron chi connectivity index (χ1n) is 9.09. The SMILES string of the molecule is O=C1CCCN1CCCC(=O)N1CCC(Oc2cccc(F)c2)CC1. The summed E-state index contributed by atoms with van der Waals surface area (Å²) in [7, 11) is 0. The summed E-state index contributed by atoms with van der Waals surface area (Å²) < 4.78 is 19.0. The van der Waals surface area contributed by atoms with Gasteiger partial charge in [-0.3, -0.25) is 9.59 Å². The van der Waals surface area contributed by atoms with E-state index in [0.29, 0.717) is 38.2 Å². The molecule has 2 aliphatic heterocycles. The number of likely N-dealkylation sites (tertiary alicyclic amines) is 2. The van der Waals surface area contributed by atoms with Gasteiger partial charge in [0.15, 0.2) is 0 Å². The van der Waals surface area contributed by atoms with E-state index < -0.39 is 0 Å². The van der Waals surface area contributed by atoms with Crippen molar-refractivity contribution in [3.8, 4) is 5.75 Å². The first-order valence-corrected chi connectivity index (χ1v) is 9.09. The summed E-state index contributed by atoms with van der Waals surface area (Å²) in [6, 6.07) is 6.16. The van der Waals surface area contributed by atoms with E-state index in [9.17, 15) is 14.0 Å². The van der Waals surface area contributed by atoms with Crippen LogP contribution in [0.15, 0.2) is 24.3 Å². The van der Waals surface area contributed by atoms with Crippen LogP contribution < -0.4 is 4.74 Å². The van der Waals surface area contributed by atoms with Gasteiger partial charge in [-0.15, -0.1) is 0 Å². The molecule has 0 bridgehead atoms. The number of piperidine rings is 1. The molecule has 0 unspecified atom stereocenters. The number of hydrogen-bond acceptors (Lipinski definition) is 3. The second-order valence-corrected chi connectivity index (χ2v) is 6.74. The molecule has 2 aliphatic rings. The number of nitrogens with zero attached hydrogens (tertiary/aromatic N) is 2. The fourth-order valence-electron chi connectivity index (χ4n) is 3.48. The van der Waals surface area contributed by atoms with Crippen molar-refractivity contribution in [2.75, 3.05) is 26.2 Å². The van der Waals surface area contributed by atoms with Gasteiger partial charge >= 0.3 is 0 Å². The van der Waals surface area contributed by atoms with Crippen LogP contribution in [0.25, 0.3) is 0 Å². The molecule has 25 heavy (non-hydrogen) atoms. The van der Waals surface area contributed by atoms with E-state index in [-0.39, 0.29) is 23.7 Å². The predicted octanol–water partition coefficient (Wildman–Crippen LogP) is 2.60. The van der Waals surface area contributed by atoms with Gasteiger partial charge in [0.25, 0.3) is 0 Å². The maximum atomic E-state index is 13.2. The number of carbonyl (C=O) groups excluding carboxylic acids is 2. The molecule has 2 fully saturated rings. The van der Waals surface area contributed by atoms with Crippen molar-refractivity contribution >= 4 is 11.8 Å². The highest BCUT2D eigenvalue weighted by Crippen LogP contribution is 2.20. The van der Waals surface area contributed by atoms with Crippen molar-refractivity contribution in [2.45, 2.75) is 44.6 Å². The Hall–Kier alpha value is -2.11. The van der Waals surface area contributed by atoms with Crippen molar-refractivity contribution in [2.24, 2.45) is 0 Å². The molecule has 2 heterocycles. The van der Waals surface area contributed by atoms with E-state index in [1.807, 2.05) is 9.80 Å². The fraction of sp³-hybridized carbons (Fsp3) is 0.579. The minimum Gasteiger partial charge on any atom is -0.490 e. The molecule has 0 spiro atoms. The van der Waals surface area contributed by atoms with E-state index in [2.05, 4.69) is 0 Å². The van der Waals surface area contributed by atoms with Crippen LogP contribution in [0.4, 0.5) is 4.39 Å². The van der Waals surface area contributed by atoms with Gasteiger partial charge < -0.3 is 14.5 Å². The minimum absolute atomic E-state index is 0.0214. The standard InChI is InChI=1S/C19H25FN2O3/c20-15-4-1-5-17(14-15)25-16-8-12-22(13-9-16)19(24)7-3-11-21-10-2-6-18(21)23/h1,4-5,14,16H,2-3,6-13H2. The molecule has 0 N–H and O–H groups in total. The number of amides is 2. The van der Waals surface area contributed by atoms with Crippen LogP contribution in [0.3, 0.4) is 0 Å². The number of rotatable bonds is 6. The second-order valence-electron chi connectivity index (χ2n) is 6.74. The van der Waals surface area contributed by atoms with Gasteiger partial charge in [0.1, 0.15) is 17.7 Å². The van der Waals surface area contributed by atoms with Crippen molar-refractivity contribution < 1.29 is 18.7 Å². The summed E-state index contributed by atoms with van der Waals surface area (Å²) in [5.74, 6) is 0.597. The third-order valence-electron chi connectivity index (χ3n) is 4.88. The molecule has 5 nitrogen and oxygen atoms in total. The van der Waals surface area contributed by atoms with Crippen molar-refractivity contribution in [1.29, 1.82) is 0 Å². The molecular weight excluding hydrogens is 323 g/mol. The van der Waals surface area contributed by atoms with Crippen LogP contribution in [0.1, 0.15) is 38.5 Å². The molecule has 2 saturated heterocycles. The van der Waals surface area contributed by atoms with Crippen LogP contribution in [0.5, 0.6) is 5.75 Å². The third-order valence-corrected chi connectivity index (χ3v) is 4.88. The highest BCUT2D eigenvalue weighted by molar-refractivity contribution is 5.78. The highest BCUT2D eigenvalue weighted by Gasteiger charge is 2.24. The Labute approximate surface area is 147 Å². The Morgan fingerprint density at radius 1 is 1.24 bits per heavy atom. The van der Waals surface area contributed by atoms with Gasteiger partial charge in [0, 0.05) is 57.9 Å². The van der Waals surface area contributed by atoms with E-state index in [0.717, 1.165) is 32.2 Å². The Kier molecular flexibility index (Phi) is 5.89. The lowest BCUT2D eigenvalue weighted by atomic mass is 10.1. The lowest BCUT2D eigenvalue weighted by Gasteiger charge is -2.32. The topological polar surface area (TPSA) is 49.9 Å².